The molecular weight excluding hydrogens is 773 g/mol. The van der Waals surface area contributed by atoms with Gasteiger partial charge in [0.1, 0.15) is 0 Å². The zero-order valence-electron chi connectivity index (χ0n) is 35.1. The molecule has 0 aliphatic heterocycles. The first-order chi connectivity index (χ1) is 31.8. The summed E-state index contributed by atoms with van der Waals surface area (Å²) in [6.07, 6.45) is 0. The molecule has 0 fully saturated rings. The topological polar surface area (TPSA) is 8.17 Å². The SMILES string of the molecule is c1ccc(-c2ccc(-c3ccc(N(c4cc(-c5cc6ccccc6c6ccccc56)ccc4-c4ccccc4)c4ccccc4-n4c5ccccc5c5ccccc54)cc3)cc2)cc1. The van der Waals surface area contributed by atoms with E-state index in [4.69, 9.17) is 0 Å². The molecule has 0 bridgehead atoms. The smallest absolute Gasteiger partial charge is 0.0702 e. The number of nitrogens with zero attached hydrogens (tertiary/aromatic N) is 2. The van der Waals surface area contributed by atoms with Crippen molar-refractivity contribution in [2.75, 3.05) is 4.90 Å². The molecule has 0 spiro atoms. The van der Waals surface area contributed by atoms with Crippen molar-refractivity contribution in [3.05, 3.63) is 255 Å². The monoisotopic (exact) mass is 814 g/mol. The number of anilines is 3. The highest BCUT2D eigenvalue weighted by Crippen LogP contribution is 2.47. The standard InChI is InChI=1S/C62H42N2/c1-3-17-43(18-4-1)44-31-33-45(34-32-44)46-35-38-50(39-36-46)63(60-29-15-16-30-61(60)64-58-27-13-11-25-55(58)56-26-12-14-28-59(56)64)62-42-49(37-40-52(62)47-19-5-2-6-20-47)57-41-48-21-7-8-22-51(48)53-23-9-10-24-54(53)57/h1-42H. The second-order valence-electron chi connectivity index (χ2n) is 16.5. The van der Waals surface area contributed by atoms with E-state index >= 15 is 0 Å². The lowest BCUT2D eigenvalue weighted by molar-refractivity contribution is 1.15. The van der Waals surface area contributed by atoms with Gasteiger partial charge in [-0.3, -0.25) is 0 Å². The van der Waals surface area contributed by atoms with Crippen molar-refractivity contribution in [2.45, 2.75) is 0 Å². The van der Waals surface area contributed by atoms with Gasteiger partial charge in [-0.05, 0) is 109 Å². The molecule has 2 nitrogen and oxygen atoms in total. The highest BCUT2D eigenvalue weighted by molar-refractivity contribution is 6.14. The molecule has 2 heteroatoms. The fourth-order valence-corrected chi connectivity index (χ4v) is 9.76. The predicted molar refractivity (Wildman–Crippen MR) is 272 cm³/mol. The van der Waals surface area contributed by atoms with Gasteiger partial charge in [0.2, 0.25) is 0 Å². The first-order valence-electron chi connectivity index (χ1n) is 22.0. The Labute approximate surface area is 373 Å². The van der Waals surface area contributed by atoms with E-state index in [9.17, 15) is 0 Å². The highest BCUT2D eigenvalue weighted by Gasteiger charge is 2.24. The fourth-order valence-electron chi connectivity index (χ4n) is 9.76. The Kier molecular flexibility index (Phi) is 9.20. The summed E-state index contributed by atoms with van der Waals surface area (Å²) < 4.78 is 2.44. The van der Waals surface area contributed by atoms with E-state index < -0.39 is 0 Å². The maximum atomic E-state index is 2.48. The Morgan fingerprint density at radius 2 is 0.734 bits per heavy atom. The first kappa shape index (κ1) is 37.3. The van der Waals surface area contributed by atoms with Crippen LogP contribution in [0.1, 0.15) is 0 Å². The predicted octanol–water partition coefficient (Wildman–Crippen LogP) is 17.2. The molecule has 1 aromatic heterocycles. The number of benzene rings is 11. The van der Waals surface area contributed by atoms with Crippen LogP contribution in [0.3, 0.4) is 0 Å². The average Bonchev–Trinajstić information content (AvgIpc) is 3.71. The number of rotatable bonds is 8. The van der Waals surface area contributed by atoms with E-state index in [2.05, 4.69) is 264 Å². The van der Waals surface area contributed by atoms with Gasteiger partial charge in [0.05, 0.1) is 28.1 Å². The van der Waals surface area contributed by atoms with E-state index in [0.717, 1.165) is 39.4 Å². The van der Waals surface area contributed by atoms with Gasteiger partial charge in [-0.1, -0.05) is 206 Å². The first-order valence-corrected chi connectivity index (χ1v) is 22.0. The number of hydrogen-bond acceptors (Lipinski definition) is 1. The Bertz CT molecular complexity index is 3590. The minimum Gasteiger partial charge on any atom is -0.308 e. The maximum absolute atomic E-state index is 2.48. The maximum Gasteiger partial charge on any atom is 0.0702 e. The molecule has 0 aliphatic carbocycles. The molecule has 300 valence electrons. The normalized spacial score (nSPS) is 11.4. The van der Waals surface area contributed by atoms with Crippen LogP contribution in [0.25, 0.3) is 93.5 Å². The molecule has 0 saturated carbocycles. The number of para-hydroxylation sites is 4. The van der Waals surface area contributed by atoms with Crippen LogP contribution < -0.4 is 4.90 Å². The quantitative estimate of drug-likeness (QED) is 0.139. The van der Waals surface area contributed by atoms with Crippen LogP contribution in [0.2, 0.25) is 0 Å². The Hall–Kier alpha value is -8.46. The van der Waals surface area contributed by atoms with Gasteiger partial charge < -0.3 is 9.47 Å². The number of fused-ring (bicyclic) bond motifs is 6. The summed E-state index contributed by atoms with van der Waals surface area (Å²) in [5.41, 5.74) is 16.1. The fraction of sp³-hybridized carbons (Fsp3) is 0. The van der Waals surface area contributed by atoms with Crippen LogP contribution in [0.15, 0.2) is 255 Å². The van der Waals surface area contributed by atoms with Crippen LogP contribution in [-0.2, 0) is 0 Å². The second-order valence-corrected chi connectivity index (χ2v) is 16.5. The largest absolute Gasteiger partial charge is 0.308 e. The van der Waals surface area contributed by atoms with Gasteiger partial charge >= 0.3 is 0 Å². The highest BCUT2D eigenvalue weighted by atomic mass is 15.2. The Morgan fingerprint density at radius 1 is 0.266 bits per heavy atom. The lowest BCUT2D eigenvalue weighted by Crippen LogP contribution is -2.14. The molecule has 0 amide bonds. The van der Waals surface area contributed by atoms with Crippen LogP contribution in [0.5, 0.6) is 0 Å². The summed E-state index contributed by atoms with van der Waals surface area (Å²) in [6.45, 7) is 0. The summed E-state index contributed by atoms with van der Waals surface area (Å²) in [6, 6.07) is 92.8. The van der Waals surface area contributed by atoms with Crippen molar-refractivity contribution < 1.29 is 0 Å². The van der Waals surface area contributed by atoms with E-state index in [1.54, 1.807) is 0 Å². The molecule has 0 radical (unpaired) electrons. The van der Waals surface area contributed by atoms with Gasteiger partial charge in [0, 0.05) is 22.0 Å². The van der Waals surface area contributed by atoms with Crippen molar-refractivity contribution in [3.63, 3.8) is 0 Å². The lowest BCUT2D eigenvalue weighted by Gasteiger charge is -2.31. The number of aromatic nitrogens is 1. The molecule has 1 heterocycles. The Morgan fingerprint density at radius 3 is 1.39 bits per heavy atom. The van der Waals surface area contributed by atoms with Crippen molar-refractivity contribution in [2.24, 2.45) is 0 Å². The minimum atomic E-state index is 1.07. The zero-order valence-corrected chi connectivity index (χ0v) is 35.1. The summed E-state index contributed by atoms with van der Waals surface area (Å²) in [5.74, 6) is 0. The summed E-state index contributed by atoms with van der Waals surface area (Å²) in [4.78, 5) is 2.48. The summed E-state index contributed by atoms with van der Waals surface area (Å²) >= 11 is 0. The van der Waals surface area contributed by atoms with Crippen LogP contribution >= 0.6 is 0 Å². The van der Waals surface area contributed by atoms with E-state index in [1.165, 1.54) is 71.2 Å². The molecular formula is C62H42N2. The molecule has 12 aromatic rings. The molecule has 0 N–H and O–H groups in total. The van der Waals surface area contributed by atoms with Gasteiger partial charge in [-0.2, -0.15) is 0 Å². The molecule has 12 rings (SSSR count). The van der Waals surface area contributed by atoms with Crippen molar-refractivity contribution in [1.29, 1.82) is 0 Å². The van der Waals surface area contributed by atoms with Crippen LogP contribution in [0, 0.1) is 0 Å². The van der Waals surface area contributed by atoms with Crippen LogP contribution in [0.4, 0.5) is 17.1 Å². The van der Waals surface area contributed by atoms with Gasteiger partial charge in [0.15, 0.2) is 0 Å². The van der Waals surface area contributed by atoms with Gasteiger partial charge in [0.25, 0.3) is 0 Å². The third-order valence-electron chi connectivity index (χ3n) is 12.8. The minimum absolute atomic E-state index is 1.07. The van der Waals surface area contributed by atoms with Gasteiger partial charge in [-0.25, -0.2) is 0 Å². The van der Waals surface area contributed by atoms with E-state index in [0.29, 0.717) is 0 Å². The van der Waals surface area contributed by atoms with Crippen LogP contribution in [-0.4, -0.2) is 4.57 Å². The molecule has 0 unspecified atom stereocenters. The zero-order chi connectivity index (χ0) is 42.4. The molecule has 0 aliphatic rings. The molecule has 0 saturated heterocycles. The van der Waals surface area contributed by atoms with Crippen molar-refractivity contribution in [1.82, 2.24) is 4.57 Å². The second kappa shape index (κ2) is 15.8. The lowest BCUT2D eigenvalue weighted by atomic mass is 9.91. The summed E-state index contributed by atoms with van der Waals surface area (Å²) in [5, 5.41) is 7.45. The molecule has 11 aromatic carbocycles. The third-order valence-corrected chi connectivity index (χ3v) is 12.8. The van der Waals surface area contributed by atoms with Crippen molar-refractivity contribution in [3.8, 4) is 50.2 Å². The summed E-state index contributed by atoms with van der Waals surface area (Å²) in [7, 11) is 0. The van der Waals surface area contributed by atoms with Gasteiger partial charge in [-0.15, -0.1) is 0 Å². The van der Waals surface area contributed by atoms with E-state index in [-0.39, 0.29) is 0 Å². The third kappa shape index (κ3) is 6.44. The Balaban J connectivity index is 1.11. The number of hydrogen-bond donors (Lipinski definition) is 0. The van der Waals surface area contributed by atoms with Crippen molar-refractivity contribution >= 4 is 60.4 Å². The molecule has 64 heavy (non-hydrogen) atoms. The average molecular weight is 815 g/mol. The molecule has 0 atom stereocenters. The van der Waals surface area contributed by atoms with E-state index in [1.807, 2.05) is 0 Å².